The first-order chi connectivity index (χ1) is 5.15. The third-order valence-electron chi connectivity index (χ3n) is 1.06. The first-order valence-electron chi connectivity index (χ1n) is 3.68. The van der Waals surface area contributed by atoms with Crippen LogP contribution >= 0.6 is 0 Å². The molecule has 0 aliphatic heterocycles. The van der Waals surface area contributed by atoms with E-state index in [0.717, 1.165) is 6.54 Å². The smallest absolute Gasteiger partial charge is 0.291 e. The Balaban J connectivity index is -0.000000142. The van der Waals surface area contributed by atoms with Crippen LogP contribution < -0.4 is 5.73 Å². The van der Waals surface area contributed by atoms with Crippen molar-refractivity contribution in [1.29, 1.82) is 0 Å². The van der Waals surface area contributed by atoms with Crippen LogP contribution in [-0.2, 0) is 19.5 Å². The van der Waals surface area contributed by atoms with Gasteiger partial charge >= 0.3 is 0 Å². The minimum absolute atomic E-state index is 0. The molecule has 0 amide bonds. The molecule has 0 spiro atoms. The molecule has 0 aliphatic carbocycles. The molecule has 0 aromatic carbocycles. The zero-order chi connectivity index (χ0) is 9.11. The normalized spacial score (nSPS) is 7.50. The van der Waals surface area contributed by atoms with Gasteiger partial charge in [0, 0.05) is 19.5 Å². The van der Waals surface area contributed by atoms with Gasteiger partial charge in [-0.25, -0.2) is 0 Å². The fourth-order valence-electron chi connectivity index (χ4n) is 0.571. The summed E-state index contributed by atoms with van der Waals surface area (Å²) in [5, 5.41) is 13.6. The fourth-order valence-corrected chi connectivity index (χ4v) is 0.571. The third kappa shape index (κ3) is 52.7. The van der Waals surface area contributed by atoms with Crippen molar-refractivity contribution in [2.24, 2.45) is 5.73 Å². The van der Waals surface area contributed by atoms with Crippen molar-refractivity contribution in [3.05, 3.63) is 10.1 Å². The zero-order valence-corrected chi connectivity index (χ0v) is 8.80. The van der Waals surface area contributed by atoms with Crippen LogP contribution in [0.15, 0.2) is 0 Å². The van der Waals surface area contributed by atoms with E-state index in [0.29, 0.717) is 0 Å². The van der Waals surface area contributed by atoms with Crippen LogP contribution in [0.4, 0.5) is 0 Å². The van der Waals surface area contributed by atoms with E-state index in [1.807, 2.05) is 0 Å². The van der Waals surface area contributed by atoms with E-state index in [9.17, 15) is 0 Å². The second kappa shape index (κ2) is 17.0. The summed E-state index contributed by atoms with van der Waals surface area (Å²) in [6.45, 7) is 3.07. The number of hydrogen-bond acceptors (Lipinski definition) is 3. The summed E-state index contributed by atoms with van der Waals surface area (Å²) in [6, 6.07) is 0. The maximum Gasteiger partial charge on any atom is 0.291 e. The van der Waals surface area contributed by atoms with Gasteiger partial charge in [-0.3, -0.25) is 0 Å². The molecule has 1 radical (unpaired) electrons. The molecule has 0 rings (SSSR count). The summed E-state index contributed by atoms with van der Waals surface area (Å²) in [5.74, 6) is 0. The molecular formula is C6H16N2O3Rh. The van der Waals surface area contributed by atoms with Crippen LogP contribution in [0.1, 0.15) is 32.6 Å². The van der Waals surface area contributed by atoms with Crippen LogP contribution in [0.5, 0.6) is 0 Å². The molecule has 6 heteroatoms. The molecule has 77 valence electrons. The van der Waals surface area contributed by atoms with E-state index < -0.39 is 5.09 Å². The predicted octanol–water partition coefficient (Wildman–Crippen LogP) is 1.18. The number of nitrogens with zero attached hydrogens (tertiary/aromatic N) is 1. The van der Waals surface area contributed by atoms with Crippen LogP contribution in [0.3, 0.4) is 0 Å². The number of nitrogens with two attached hydrogens (primary N) is 1. The molecular weight excluding hydrogens is 251 g/mol. The summed E-state index contributed by atoms with van der Waals surface area (Å²) in [7, 11) is 0. The molecule has 0 unspecified atom stereocenters. The number of unbranched alkanes of at least 4 members (excludes halogenated alkanes) is 3. The Kier molecular flexibility index (Phi) is 25.2. The molecule has 0 aliphatic rings. The van der Waals surface area contributed by atoms with Gasteiger partial charge in [-0.05, 0) is 13.0 Å². The maximum absolute atomic E-state index is 8.36. The number of hydrogen-bond donors (Lipinski definition) is 2. The van der Waals surface area contributed by atoms with Crippen LogP contribution in [0, 0.1) is 10.1 Å². The van der Waals surface area contributed by atoms with Gasteiger partial charge in [0.25, 0.3) is 5.09 Å². The molecule has 0 saturated carbocycles. The molecule has 0 aromatic rings. The van der Waals surface area contributed by atoms with E-state index in [4.69, 9.17) is 21.1 Å². The van der Waals surface area contributed by atoms with Gasteiger partial charge in [-0.15, -0.1) is 10.1 Å². The molecule has 0 heterocycles. The summed E-state index contributed by atoms with van der Waals surface area (Å²) < 4.78 is 0. The second-order valence-corrected chi connectivity index (χ2v) is 2.09. The van der Waals surface area contributed by atoms with Gasteiger partial charge in [0.05, 0.1) is 0 Å². The zero-order valence-electron chi connectivity index (χ0n) is 7.16. The monoisotopic (exact) mass is 267 g/mol. The predicted molar refractivity (Wildman–Crippen MR) is 42.0 cm³/mol. The Labute approximate surface area is 85.2 Å². The van der Waals surface area contributed by atoms with Crippen LogP contribution in [0.2, 0.25) is 0 Å². The molecule has 0 atom stereocenters. The third-order valence-corrected chi connectivity index (χ3v) is 1.06. The maximum atomic E-state index is 8.36. The van der Waals surface area contributed by atoms with Crippen molar-refractivity contribution in [2.75, 3.05) is 6.54 Å². The standard InChI is InChI=1S/C6H15N.HNO3.Rh/c1-2-3-4-5-6-7;2-1(3)4;/h2-7H2,1H3;(H,2,3,4);. The Bertz CT molecular complexity index is 84.9. The van der Waals surface area contributed by atoms with E-state index >= 15 is 0 Å². The van der Waals surface area contributed by atoms with Gasteiger partial charge in [-0.2, -0.15) is 0 Å². The van der Waals surface area contributed by atoms with Crippen LogP contribution in [0.25, 0.3) is 0 Å². The minimum atomic E-state index is -1.50. The first kappa shape index (κ1) is 17.8. The Morgan fingerprint density at radius 1 is 1.42 bits per heavy atom. The molecule has 0 aromatic heterocycles. The summed E-state index contributed by atoms with van der Waals surface area (Å²) in [5.41, 5.74) is 5.27. The van der Waals surface area contributed by atoms with Crippen molar-refractivity contribution < 1.29 is 29.8 Å². The topological polar surface area (TPSA) is 89.4 Å². The minimum Gasteiger partial charge on any atom is -0.330 e. The van der Waals surface area contributed by atoms with Crippen molar-refractivity contribution in [3.63, 3.8) is 0 Å². The average Bonchev–Trinajstić information content (AvgIpc) is 1.88. The van der Waals surface area contributed by atoms with Crippen molar-refractivity contribution in [1.82, 2.24) is 0 Å². The van der Waals surface area contributed by atoms with E-state index in [1.54, 1.807) is 0 Å². The Morgan fingerprint density at radius 3 is 2.08 bits per heavy atom. The largest absolute Gasteiger partial charge is 0.330 e. The molecule has 3 N–H and O–H groups in total. The van der Waals surface area contributed by atoms with Crippen molar-refractivity contribution in [2.45, 2.75) is 32.6 Å². The second-order valence-electron chi connectivity index (χ2n) is 2.09. The van der Waals surface area contributed by atoms with Gasteiger partial charge in [0.15, 0.2) is 0 Å². The van der Waals surface area contributed by atoms with Crippen LogP contribution in [-0.4, -0.2) is 16.8 Å². The average molecular weight is 267 g/mol. The molecule has 5 nitrogen and oxygen atoms in total. The summed E-state index contributed by atoms with van der Waals surface area (Å²) in [4.78, 5) is 8.36. The van der Waals surface area contributed by atoms with E-state index in [-0.39, 0.29) is 19.5 Å². The summed E-state index contributed by atoms with van der Waals surface area (Å²) in [6.07, 6.45) is 5.16. The molecule has 0 saturated heterocycles. The SMILES string of the molecule is CCCCCCN.O=[N+]([O-])O.[Rh]. The Hall–Kier alpha value is -0.217. The van der Waals surface area contributed by atoms with Gasteiger partial charge in [0.1, 0.15) is 0 Å². The quantitative estimate of drug-likeness (QED) is 0.346. The van der Waals surface area contributed by atoms with E-state index in [1.165, 1.54) is 25.7 Å². The van der Waals surface area contributed by atoms with Gasteiger partial charge in [0.2, 0.25) is 0 Å². The van der Waals surface area contributed by atoms with Gasteiger partial charge in [-0.1, -0.05) is 26.2 Å². The molecule has 12 heavy (non-hydrogen) atoms. The number of rotatable bonds is 4. The Morgan fingerprint density at radius 2 is 1.83 bits per heavy atom. The van der Waals surface area contributed by atoms with Crippen molar-refractivity contribution in [3.8, 4) is 0 Å². The van der Waals surface area contributed by atoms with E-state index in [2.05, 4.69) is 6.92 Å². The summed E-state index contributed by atoms with van der Waals surface area (Å²) >= 11 is 0. The van der Waals surface area contributed by atoms with Crippen molar-refractivity contribution >= 4 is 0 Å². The van der Waals surface area contributed by atoms with Gasteiger partial charge < -0.3 is 10.9 Å². The fraction of sp³-hybridized carbons (Fsp3) is 1.00. The molecule has 0 bridgehead atoms. The molecule has 0 fully saturated rings. The first-order valence-corrected chi connectivity index (χ1v) is 3.68.